The average Bonchev–Trinajstić information content (AvgIpc) is 2.66. The van der Waals surface area contributed by atoms with E-state index >= 15 is 0 Å². The first kappa shape index (κ1) is 11.6. The van der Waals surface area contributed by atoms with Gasteiger partial charge in [-0.05, 0) is 55.8 Å². The molecule has 0 atom stereocenters. The highest BCUT2D eigenvalue weighted by Gasteiger charge is 2.50. The minimum Gasteiger partial charge on any atom is -0.333 e. The van der Waals surface area contributed by atoms with Crippen molar-refractivity contribution in [2.75, 3.05) is 5.84 Å². The van der Waals surface area contributed by atoms with Crippen molar-refractivity contribution in [3.8, 4) is 0 Å². The van der Waals surface area contributed by atoms with E-state index in [1.54, 1.807) is 4.68 Å². The fraction of sp³-hybridized carbons (Fsp3) is 0.857. The van der Waals surface area contributed by atoms with Crippen LogP contribution < -0.4 is 11.5 Å². The summed E-state index contributed by atoms with van der Waals surface area (Å²) in [5.74, 6) is 9.69. The summed E-state index contributed by atoms with van der Waals surface area (Å²) in [6.07, 6.45) is 7.32. The molecule has 0 aromatic carbocycles. The lowest BCUT2D eigenvalue weighted by Crippen LogP contribution is -2.48. The molecule has 104 valence electrons. The predicted octanol–water partition coefficient (Wildman–Crippen LogP) is 1.32. The molecule has 4 fully saturated rings. The summed E-state index contributed by atoms with van der Waals surface area (Å²) in [6.45, 7) is 1.99. The minimum atomic E-state index is -0.116. The van der Waals surface area contributed by atoms with E-state index in [0.29, 0.717) is 30.1 Å². The van der Waals surface area contributed by atoms with Gasteiger partial charge in [-0.15, -0.1) is 0 Å². The number of nitrogens with zero attached hydrogens (tertiary/aromatic N) is 3. The van der Waals surface area contributed by atoms with Gasteiger partial charge in [0.25, 0.3) is 0 Å². The monoisotopic (exact) mass is 262 g/mol. The fourth-order valence-corrected chi connectivity index (χ4v) is 5.17. The zero-order chi connectivity index (χ0) is 13.1. The summed E-state index contributed by atoms with van der Waals surface area (Å²) in [7, 11) is 0. The Bertz CT molecular complexity index is 530. The normalized spacial score (nSPS) is 39.9. The summed E-state index contributed by atoms with van der Waals surface area (Å²) in [4.78, 5) is 12.3. The molecule has 0 radical (unpaired) electrons. The van der Waals surface area contributed by atoms with E-state index in [0.717, 1.165) is 11.8 Å². The summed E-state index contributed by atoms with van der Waals surface area (Å²) in [5, 5.41) is 4.52. The van der Waals surface area contributed by atoms with Crippen LogP contribution in [0.2, 0.25) is 0 Å². The highest BCUT2D eigenvalue weighted by Crippen LogP contribution is 2.57. The Morgan fingerprint density at radius 3 is 2.21 bits per heavy atom. The first-order valence-corrected chi connectivity index (χ1v) is 7.62. The maximum Gasteiger partial charge on any atom is 0.364 e. The Kier molecular flexibility index (Phi) is 2.35. The van der Waals surface area contributed by atoms with Crippen molar-refractivity contribution in [2.45, 2.75) is 51.5 Å². The van der Waals surface area contributed by atoms with E-state index in [1.165, 1.54) is 36.8 Å². The lowest BCUT2D eigenvalue weighted by molar-refractivity contribution is -0.0352. The van der Waals surface area contributed by atoms with E-state index in [1.807, 2.05) is 6.92 Å². The van der Waals surface area contributed by atoms with Crippen LogP contribution in [0.25, 0.3) is 0 Å². The van der Waals surface area contributed by atoms with Gasteiger partial charge in [-0.25, -0.2) is 9.48 Å². The van der Waals surface area contributed by atoms with Crippen LogP contribution in [0.3, 0.4) is 0 Å². The molecule has 5 nitrogen and oxygen atoms in total. The van der Waals surface area contributed by atoms with Gasteiger partial charge >= 0.3 is 5.69 Å². The summed E-state index contributed by atoms with van der Waals surface area (Å²) in [6, 6.07) is 0.315. The zero-order valence-corrected chi connectivity index (χ0v) is 11.5. The van der Waals surface area contributed by atoms with Gasteiger partial charge in [-0.2, -0.15) is 9.77 Å². The van der Waals surface area contributed by atoms with Gasteiger partial charge in [-0.1, -0.05) is 6.92 Å². The lowest BCUT2D eigenvalue weighted by atomic mass is 9.54. The van der Waals surface area contributed by atoms with E-state index in [2.05, 4.69) is 5.10 Å². The molecule has 4 bridgehead atoms. The molecule has 1 heterocycles. The van der Waals surface area contributed by atoms with Gasteiger partial charge in [0, 0.05) is 6.42 Å². The van der Waals surface area contributed by atoms with Crippen LogP contribution in [0, 0.1) is 23.7 Å². The number of aromatic nitrogens is 3. The molecule has 0 unspecified atom stereocenters. The van der Waals surface area contributed by atoms with Crippen molar-refractivity contribution in [2.24, 2.45) is 23.7 Å². The molecule has 5 heteroatoms. The SMILES string of the molecule is CCc1nn(C2C3CC4CC(C3)CC2C4)c(=O)n1N. The van der Waals surface area contributed by atoms with Crippen LogP contribution in [0.15, 0.2) is 4.79 Å². The Hall–Kier alpha value is -1.26. The lowest BCUT2D eigenvalue weighted by Gasteiger charge is -2.53. The number of rotatable bonds is 2. The van der Waals surface area contributed by atoms with Crippen molar-refractivity contribution < 1.29 is 0 Å². The summed E-state index contributed by atoms with van der Waals surface area (Å²) >= 11 is 0. The summed E-state index contributed by atoms with van der Waals surface area (Å²) < 4.78 is 2.97. The van der Waals surface area contributed by atoms with Crippen molar-refractivity contribution in [1.82, 2.24) is 14.5 Å². The largest absolute Gasteiger partial charge is 0.364 e. The first-order chi connectivity index (χ1) is 9.17. The predicted molar refractivity (Wildman–Crippen MR) is 72.1 cm³/mol. The Labute approximate surface area is 112 Å². The van der Waals surface area contributed by atoms with Crippen molar-refractivity contribution in [3.05, 3.63) is 16.3 Å². The third kappa shape index (κ3) is 1.53. The van der Waals surface area contributed by atoms with Gasteiger partial charge in [-0.3, -0.25) is 0 Å². The van der Waals surface area contributed by atoms with Crippen molar-refractivity contribution in [1.29, 1.82) is 0 Å². The van der Waals surface area contributed by atoms with Crippen LogP contribution in [0.1, 0.15) is 50.9 Å². The number of hydrogen-bond acceptors (Lipinski definition) is 3. The van der Waals surface area contributed by atoms with Gasteiger partial charge in [0.2, 0.25) is 0 Å². The second-order valence-corrected chi connectivity index (χ2v) is 6.79. The molecule has 0 saturated heterocycles. The average molecular weight is 262 g/mol. The van der Waals surface area contributed by atoms with Gasteiger partial charge < -0.3 is 5.84 Å². The molecule has 0 spiro atoms. The van der Waals surface area contributed by atoms with Crippen molar-refractivity contribution >= 4 is 0 Å². The van der Waals surface area contributed by atoms with E-state index < -0.39 is 0 Å². The Morgan fingerprint density at radius 1 is 1.16 bits per heavy atom. The van der Waals surface area contributed by atoms with E-state index in [4.69, 9.17) is 5.84 Å². The maximum absolute atomic E-state index is 12.3. The third-order valence-corrected chi connectivity index (χ3v) is 5.68. The molecule has 19 heavy (non-hydrogen) atoms. The molecule has 5 rings (SSSR count). The zero-order valence-electron chi connectivity index (χ0n) is 11.5. The summed E-state index contributed by atoms with van der Waals surface area (Å²) in [5.41, 5.74) is -0.116. The quantitative estimate of drug-likeness (QED) is 0.817. The van der Waals surface area contributed by atoms with E-state index in [-0.39, 0.29) is 5.69 Å². The number of nitrogen functional groups attached to an aromatic ring is 1. The molecule has 0 aliphatic heterocycles. The molecule has 1 aromatic heterocycles. The Balaban J connectivity index is 1.75. The first-order valence-electron chi connectivity index (χ1n) is 7.62. The van der Waals surface area contributed by atoms with Gasteiger partial charge in [0.15, 0.2) is 5.82 Å². The maximum atomic E-state index is 12.3. The van der Waals surface area contributed by atoms with Crippen LogP contribution >= 0.6 is 0 Å². The number of aryl methyl sites for hydroxylation is 1. The second kappa shape index (κ2) is 3.87. The van der Waals surface area contributed by atoms with Crippen LogP contribution in [0.4, 0.5) is 0 Å². The van der Waals surface area contributed by atoms with Crippen LogP contribution in [-0.4, -0.2) is 14.5 Å². The minimum absolute atomic E-state index is 0.116. The molecule has 4 saturated carbocycles. The van der Waals surface area contributed by atoms with Crippen LogP contribution in [-0.2, 0) is 6.42 Å². The third-order valence-electron chi connectivity index (χ3n) is 5.68. The molecule has 2 N–H and O–H groups in total. The molecular weight excluding hydrogens is 240 g/mol. The highest BCUT2D eigenvalue weighted by atomic mass is 16.2. The second-order valence-electron chi connectivity index (χ2n) is 6.79. The van der Waals surface area contributed by atoms with Crippen LogP contribution in [0.5, 0.6) is 0 Å². The van der Waals surface area contributed by atoms with Gasteiger partial charge in [0.05, 0.1) is 6.04 Å². The number of nitrogens with two attached hydrogens (primary N) is 1. The smallest absolute Gasteiger partial charge is 0.333 e. The molecule has 4 aliphatic rings. The Morgan fingerprint density at radius 2 is 1.74 bits per heavy atom. The van der Waals surface area contributed by atoms with Crippen molar-refractivity contribution in [3.63, 3.8) is 0 Å². The molecular formula is C14H22N4O. The molecule has 1 aromatic rings. The molecule has 4 aliphatic carbocycles. The van der Waals surface area contributed by atoms with E-state index in [9.17, 15) is 4.79 Å². The fourth-order valence-electron chi connectivity index (χ4n) is 5.17. The molecule has 0 amide bonds. The topological polar surface area (TPSA) is 65.8 Å². The highest BCUT2D eigenvalue weighted by molar-refractivity contribution is 5.01. The number of hydrogen-bond donors (Lipinski definition) is 1. The standard InChI is InChI=1S/C14H22N4O/c1-2-12-16-18(14(19)17(12)15)13-10-4-8-3-9(6-10)7-11(13)5-8/h8-11,13H,2-7,15H2,1H3. The van der Waals surface area contributed by atoms with Gasteiger partial charge in [0.1, 0.15) is 0 Å².